The van der Waals surface area contributed by atoms with Gasteiger partial charge in [-0.15, -0.1) is 0 Å². The maximum atomic E-state index is 10.7. The summed E-state index contributed by atoms with van der Waals surface area (Å²) in [5.41, 5.74) is 0.657. The molecule has 1 saturated carbocycles. The fourth-order valence-electron chi connectivity index (χ4n) is 2.12. The molecule has 0 saturated heterocycles. The molecule has 17 heavy (non-hydrogen) atoms. The van der Waals surface area contributed by atoms with E-state index in [1.54, 1.807) is 19.1 Å². The molecular weight excluding hydrogens is 222 g/mol. The molecular formula is C12H15NO4. The zero-order chi connectivity index (χ0) is 12.4. The molecule has 0 aliphatic heterocycles. The van der Waals surface area contributed by atoms with E-state index in [1.165, 1.54) is 6.07 Å². The van der Waals surface area contributed by atoms with Crippen molar-refractivity contribution in [3.63, 3.8) is 0 Å². The predicted octanol–water partition coefficient (Wildman–Crippen LogP) is 2.20. The summed E-state index contributed by atoms with van der Waals surface area (Å²) in [5, 5.41) is 20.3. The van der Waals surface area contributed by atoms with Crippen LogP contribution in [0.1, 0.15) is 24.8 Å². The molecule has 0 aromatic heterocycles. The molecule has 0 bridgehead atoms. The SMILES string of the molecule is Cc1cc(OC2CCCC2O)ccc1[N+](=O)[O-]. The molecule has 1 aromatic carbocycles. The number of hydrogen-bond donors (Lipinski definition) is 1. The Labute approximate surface area is 99.2 Å². The van der Waals surface area contributed by atoms with Gasteiger partial charge in [0.05, 0.1) is 11.0 Å². The van der Waals surface area contributed by atoms with Gasteiger partial charge in [-0.1, -0.05) is 0 Å². The van der Waals surface area contributed by atoms with Crippen molar-refractivity contribution >= 4 is 5.69 Å². The van der Waals surface area contributed by atoms with Crippen molar-refractivity contribution in [3.8, 4) is 5.75 Å². The molecule has 5 nitrogen and oxygen atoms in total. The van der Waals surface area contributed by atoms with Crippen molar-refractivity contribution in [2.24, 2.45) is 0 Å². The summed E-state index contributed by atoms with van der Waals surface area (Å²) < 4.78 is 5.63. The van der Waals surface area contributed by atoms with Crippen molar-refractivity contribution < 1.29 is 14.8 Å². The Morgan fingerprint density at radius 1 is 1.47 bits per heavy atom. The summed E-state index contributed by atoms with van der Waals surface area (Å²) >= 11 is 0. The number of aliphatic hydroxyl groups excluding tert-OH is 1. The van der Waals surface area contributed by atoms with E-state index in [9.17, 15) is 15.2 Å². The van der Waals surface area contributed by atoms with Gasteiger partial charge in [0.25, 0.3) is 5.69 Å². The van der Waals surface area contributed by atoms with E-state index >= 15 is 0 Å². The van der Waals surface area contributed by atoms with Crippen LogP contribution in [-0.2, 0) is 0 Å². The highest BCUT2D eigenvalue weighted by Crippen LogP contribution is 2.28. The Hall–Kier alpha value is -1.62. The zero-order valence-corrected chi connectivity index (χ0v) is 9.63. The minimum absolute atomic E-state index is 0.0873. The van der Waals surface area contributed by atoms with E-state index < -0.39 is 11.0 Å². The zero-order valence-electron chi connectivity index (χ0n) is 9.63. The number of nitro groups is 1. The highest BCUT2D eigenvalue weighted by molar-refractivity contribution is 5.44. The van der Waals surface area contributed by atoms with Crippen LogP contribution in [0.25, 0.3) is 0 Å². The fourth-order valence-corrected chi connectivity index (χ4v) is 2.12. The van der Waals surface area contributed by atoms with E-state index in [4.69, 9.17) is 4.74 Å². The van der Waals surface area contributed by atoms with Gasteiger partial charge >= 0.3 is 0 Å². The first-order chi connectivity index (χ1) is 8.08. The molecule has 1 fully saturated rings. The van der Waals surface area contributed by atoms with Crippen molar-refractivity contribution in [3.05, 3.63) is 33.9 Å². The first-order valence-corrected chi connectivity index (χ1v) is 5.67. The molecule has 92 valence electrons. The standard InChI is InChI=1S/C12H15NO4/c1-8-7-9(5-6-10(8)13(15)16)17-12-4-2-3-11(12)14/h5-7,11-12,14H,2-4H2,1H3. The quantitative estimate of drug-likeness (QED) is 0.646. The summed E-state index contributed by atoms with van der Waals surface area (Å²) in [5.74, 6) is 0.582. The van der Waals surface area contributed by atoms with Crippen LogP contribution in [0.4, 0.5) is 5.69 Å². The number of aliphatic hydroxyl groups is 1. The maximum absolute atomic E-state index is 10.7. The van der Waals surface area contributed by atoms with Gasteiger partial charge in [0.1, 0.15) is 11.9 Å². The Balaban J connectivity index is 2.12. The van der Waals surface area contributed by atoms with Gasteiger partial charge in [-0.2, -0.15) is 0 Å². The monoisotopic (exact) mass is 237 g/mol. The lowest BCUT2D eigenvalue weighted by Crippen LogP contribution is -2.25. The van der Waals surface area contributed by atoms with E-state index in [0.29, 0.717) is 11.3 Å². The topological polar surface area (TPSA) is 72.6 Å². The summed E-state index contributed by atoms with van der Waals surface area (Å²) in [6, 6.07) is 4.66. The van der Waals surface area contributed by atoms with Crippen LogP contribution in [-0.4, -0.2) is 22.2 Å². The molecule has 1 N–H and O–H groups in total. The van der Waals surface area contributed by atoms with Gasteiger partial charge in [0, 0.05) is 11.6 Å². The second-order valence-electron chi connectivity index (χ2n) is 4.36. The molecule has 2 atom stereocenters. The second-order valence-corrected chi connectivity index (χ2v) is 4.36. The third kappa shape index (κ3) is 2.55. The number of rotatable bonds is 3. The Bertz CT molecular complexity index is 433. The normalized spacial score (nSPS) is 23.6. The minimum Gasteiger partial charge on any atom is -0.488 e. The van der Waals surface area contributed by atoms with Gasteiger partial charge in [-0.3, -0.25) is 10.1 Å². The molecule has 5 heteroatoms. The number of nitro benzene ring substituents is 1. The van der Waals surface area contributed by atoms with Crippen LogP contribution >= 0.6 is 0 Å². The number of benzene rings is 1. The smallest absolute Gasteiger partial charge is 0.272 e. The lowest BCUT2D eigenvalue weighted by Gasteiger charge is -2.17. The average molecular weight is 237 g/mol. The van der Waals surface area contributed by atoms with Crippen LogP contribution in [0.5, 0.6) is 5.75 Å². The first-order valence-electron chi connectivity index (χ1n) is 5.67. The predicted molar refractivity (Wildman–Crippen MR) is 62.1 cm³/mol. The first kappa shape index (κ1) is 11.9. The minimum atomic E-state index is -0.425. The lowest BCUT2D eigenvalue weighted by molar-refractivity contribution is -0.385. The molecule has 2 rings (SSSR count). The van der Waals surface area contributed by atoms with Crippen molar-refractivity contribution in [1.82, 2.24) is 0 Å². The van der Waals surface area contributed by atoms with Gasteiger partial charge in [-0.25, -0.2) is 0 Å². The van der Waals surface area contributed by atoms with E-state index in [2.05, 4.69) is 0 Å². The van der Waals surface area contributed by atoms with Gasteiger partial charge in [0.15, 0.2) is 0 Å². The van der Waals surface area contributed by atoms with Crippen LogP contribution < -0.4 is 4.74 Å². The van der Waals surface area contributed by atoms with Crippen LogP contribution in [0.2, 0.25) is 0 Å². The summed E-state index contributed by atoms with van der Waals surface area (Å²) in [6.07, 6.45) is 1.94. The van der Waals surface area contributed by atoms with E-state index in [0.717, 1.165) is 19.3 Å². The van der Waals surface area contributed by atoms with Crippen molar-refractivity contribution in [2.45, 2.75) is 38.4 Å². The second kappa shape index (κ2) is 4.71. The molecule has 0 radical (unpaired) electrons. The van der Waals surface area contributed by atoms with Crippen LogP contribution in [0, 0.1) is 17.0 Å². The van der Waals surface area contributed by atoms with E-state index in [-0.39, 0.29) is 11.8 Å². The molecule has 1 aromatic rings. The molecule has 1 aliphatic carbocycles. The van der Waals surface area contributed by atoms with Gasteiger partial charge < -0.3 is 9.84 Å². The van der Waals surface area contributed by atoms with Crippen LogP contribution in [0.15, 0.2) is 18.2 Å². The Morgan fingerprint density at radius 3 is 2.76 bits per heavy atom. The van der Waals surface area contributed by atoms with Gasteiger partial charge in [-0.05, 0) is 38.3 Å². The Kier molecular flexibility index (Phi) is 3.28. The van der Waals surface area contributed by atoms with Crippen molar-refractivity contribution in [1.29, 1.82) is 0 Å². The lowest BCUT2D eigenvalue weighted by atomic mass is 10.2. The molecule has 0 amide bonds. The number of aryl methyl sites for hydroxylation is 1. The van der Waals surface area contributed by atoms with Gasteiger partial charge in [0.2, 0.25) is 0 Å². The molecule has 1 aliphatic rings. The number of nitrogens with zero attached hydrogens (tertiary/aromatic N) is 1. The fraction of sp³-hybridized carbons (Fsp3) is 0.500. The summed E-state index contributed by atoms with van der Waals surface area (Å²) in [6.45, 7) is 1.68. The maximum Gasteiger partial charge on any atom is 0.272 e. The summed E-state index contributed by atoms with van der Waals surface area (Å²) in [7, 11) is 0. The molecule has 2 unspecified atom stereocenters. The highest BCUT2D eigenvalue weighted by Gasteiger charge is 2.27. The van der Waals surface area contributed by atoms with Crippen molar-refractivity contribution in [2.75, 3.05) is 0 Å². The highest BCUT2D eigenvalue weighted by atomic mass is 16.6. The third-order valence-corrected chi connectivity index (χ3v) is 3.07. The number of hydrogen-bond acceptors (Lipinski definition) is 4. The summed E-state index contributed by atoms with van der Waals surface area (Å²) in [4.78, 5) is 10.2. The third-order valence-electron chi connectivity index (χ3n) is 3.07. The average Bonchev–Trinajstić information content (AvgIpc) is 2.64. The number of ether oxygens (including phenoxy) is 1. The largest absolute Gasteiger partial charge is 0.488 e. The Morgan fingerprint density at radius 2 is 2.24 bits per heavy atom. The molecule has 0 heterocycles. The van der Waals surface area contributed by atoms with E-state index in [1.807, 2.05) is 0 Å². The molecule has 0 spiro atoms. The van der Waals surface area contributed by atoms with Crippen LogP contribution in [0.3, 0.4) is 0 Å².